The number of fused-ring (bicyclic) bond motifs is 1. The largest absolute Gasteiger partial charge is 0.473 e. The average Bonchev–Trinajstić information content (AvgIpc) is 3.47. The second kappa shape index (κ2) is 8.26. The molecular weight excluding hydrogens is 415 g/mol. The molecule has 3 aromatic heterocycles. The molecule has 5 rings (SSSR count). The van der Waals surface area contributed by atoms with Gasteiger partial charge in [0, 0.05) is 37.2 Å². The maximum atomic E-state index is 13.2. The first-order valence-electron chi connectivity index (χ1n) is 10.1. The number of aryl methyl sites for hydroxylation is 1. The van der Waals surface area contributed by atoms with Gasteiger partial charge in [-0.25, -0.2) is 9.37 Å². The van der Waals surface area contributed by atoms with Gasteiger partial charge in [0.1, 0.15) is 23.9 Å². The summed E-state index contributed by atoms with van der Waals surface area (Å²) < 4.78 is 29.5. The van der Waals surface area contributed by atoms with Crippen LogP contribution in [0, 0.1) is 12.7 Å². The van der Waals surface area contributed by atoms with Gasteiger partial charge < -0.3 is 18.7 Å². The van der Waals surface area contributed by atoms with Crippen LogP contribution in [0.15, 0.2) is 57.7 Å². The van der Waals surface area contributed by atoms with Crippen molar-refractivity contribution in [2.75, 3.05) is 6.54 Å². The van der Waals surface area contributed by atoms with Crippen LogP contribution in [0.4, 0.5) is 4.39 Å². The lowest BCUT2D eigenvalue weighted by molar-refractivity contribution is 0.0691. The van der Waals surface area contributed by atoms with E-state index in [0.29, 0.717) is 36.8 Å². The van der Waals surface area contributed by atoms with Crippen molar-refractivity contribution in [1.29, 1.82) is 0 Å². The second-order valence-electron chi connectivity index (χ2n) is 7.47. The molecule has 0 saturated carbocycles. The Hall–Kier alpha value is -4.01. The maximum absolute atomic E-state index is 13.2. The molecule has 0 atom stereocenters. The van der Waals surface area contributed by atoms with Gasteiger partial charge in [-0.05, 0) is 36.8 Å². The number of amides is 1. The van der Waals surface area contributed by atoms with Crippen molar-refractivity contribution in [3.8, 4) is 17.1 Å². The van der Waals surface area contributed by atoms with E-state index in [2.05, 4.69) is 15.3 Å². The van der Waals surface area contributed by atoms with Crippen molar-refractivity contribution in [2.24, 2.45) is 0 Å². The fraction of sp³-hybridized carbons (Fsp3) is 0.217. The summed E-state index contributed by atoms with van der Waals surface area (Å²) >= 11 is 0. The Morgan fingerprint density at radius 2 is 2.00 bits per heavy atom. The fourth-order valence-corrected chi connectivity index (χ4v) is 3.67. The first-order chi connectivity index (χ1) is 15.6. The van der Waals surface area contributed by atoms with E-state index in [0.717, 1.165) is 22.4 Å². The third-order valence-corrected chi connectivity index (χ3v) is 5.43. The normalized spacial score (nSPS) is 13.1. The van der Waals surface area contributed by atoms with Gasteiger partial charge in [-0.3, -0.25) is 4.79 Å². The molecule has 9 heteroatoms. The van der Waals surface area contributed by atoms with Crippen molar-refractivity contribution in [3.63, 3.8) is 0 Å². The minimum atomic E-state index is -0.314. The molecule has 8 nitrogen and oxygen atoms in total. The predicted molar refractivity (Wildman–Crippen MR) is 110 cm³/mol. The smallest absolute Gasteiger partial charge is 0.292 e. The molecule has 1 aliphatic rings. The number of aromatic nitrogens is 3. The number of ether oxygens (including phenoxy) is 1. The highest BCUT2D eigenvalue weighted by Gasteiger charge is 2.25. The van der Waals surface area contributed by atoms with E-state index in [1.165, 1.54) is 18.3 Å². The van der Waals surface area contributed by atoms with Crippen molar-refractivity contribution in [3.05, 3.63) is 82.8 Å². The van der Waals surface area contributed by atoms with Gasteiger partial charge in [-0.15, -0.1) is 0 Å². The molecule has 0 fully saturated rings. The highest BCUT2D eigenvalue weighted by atomic mass is 19.1. The van der Waals surface area contributed by atoms with Gasteiger partial charge in [0.25, 0.3) is 5.91 Å². The summed E-state index contributed by atoms with van der Waals surface area (Å²) in [6, 6.07) is 11.3. The minimum Gasteiger partial charge on any atom is -0.473 e. The Balaban J connectivity index is 1.29. The zero-order valence-corrected chi connectivity index (χ0v) is 17.2. The first-order valence-corrected chi connectivity index (χ1v) is 10.1. The third-order valence-electron chi connectivity index (χ3n) is 5.43. The van der Waals surface area contributed by atoms with Crippen LogP contribution < -0.4 is 4.74 Å². The van der Waals surface area contributed by atoms with Gasteiger partial charge in [-0.1, -0.05) is 16.4 Å². The molecule has 0 unspecified atom stereocenters. The van der Waals surface area contributed by atoms with Gasteiger partial charge in [0.15, 0.2) is 0 Å². The Labute approximate surface area is 182 Å². The monoisotopic (exact) mass is 434 g/mol. The lowest BCUT2D eigenvalue weighted by Gasteiger charge is -2.27. The maximum Gasteiger partial charge on any atom is 0.292 e. The highest BCUT2D eigenvalue weighted by Crippen LogP contribution is 2.27. The van der Waals surface area contributed by atoms with Crippen LogP contribution in [0.3, 0.4) is 0 Å². The molecule has 32 heavy (non-hydrogen) atoms. The number of rotatable bonds is 5. The zero-order valence-electron chi connectivity index (χ0n) is 17.2. The van der Waals surface area contributed by atoms with E-state index < -0.39 is 0 Å². The van der Waals surface area contributed by atoms with Crippen molar-refractivity contribution in [1.82, 2.24) is 20.2 Å². The predicted octanol–water partition coefficient (Wildman–Crippen LogP) is 3.95. The fourth-order valence-electron chi connectivity index (χ4n) is 3.67. The number of halogens is 1. The molecule has 4 aromatic rings. The van der Waals surface area contributed by atoms with Crippen LogP contribution in [-0.2, 0) is 19.6 Å². The molecule has 4 heterocycles. The summed E-state index contributed by atoms with van der Waals surface area (Å²) in [5, 5.41) is 7.69. The van der Waals surface area contributed by atoms with E-state index in [-0.39, 0.29) is 24.1 Å². The van der Waals surface area contributed by atoms with Gasteiger partial charge in [0.05, 0.1) is 17.5 Å². The number of pyridine rings is 1. The third kappa shape index (κ3) is 3.84. The number of carbonyl (C=O) groups excluding carboxylic acids is 1. The topological polar surface area (TPSA) is 94.5 Å². The molecular formula is C23H19FN4O4. The Morgan fingerprint density at radius 3 is 2.78 bits per heavy atom. The summed E-state index contributed by atoms with van der Waals surface area (Å²) in [5.74, 6) is 0.825. The van der Waals surface area contributed by atoms with E-state index in [1.54, 1.807) is 36.1 Å². The van der Waals surface area contributed by atoms with Crippen molar-refractivity contribution in [2.45, 2.75) is 26.5 Å². The van der Waals surface area contributed by atoms with Crippen LogP contribution in [0.2, 0.25) is 0 Å². The van der Waals surface area contributed by atoms with E-state index in [9.17, 15) is 9.18 Å². The SMILES string of the molecule is Cc1onc(-c2ccc(F)cc2)c1COc1ccc2c(n1)CCN(C(=O)c1ccno1)C2. The molecule has 1 aromatic carbocycles. The van der Waals surface area contributed by atoms with Gasteiger partial charge in [0.2, 0.25) is 11.6 Å². The second-order valence-corrected chi connectivity index (χ2v) is 7.47. The molecule has 0 saturated heterocycles. The van der Waals surface area contributed by atoms with E-state index >= 15 is 0 Å². The molecule has 0 N–H and O–H groups in total. The Bertz CT molecular complexity index is 1250. The van der Waals surface area contributed by atoms with E-state index in [1.807, 2.05) is 6.07 Å². The van der Waals surface area contributed by atoms with Gasteiger partial charge in [-0.2, -0.15) is 0 Å². The molecule has 0 radical (unpaired) electrons. The lowest BCUT2D eigenvalue weighted by Crippen LogP contribution is -2.36. The number of hydrogen-bond donors (Lipinski definition) is 0. The highest BCUT2D eigenvalue weighted by molar-refractivity contribution is 5.91. The summed E-state index contributed by atoms with van der Waals surface area (Å²) in [7, 11) is 0. The number of benzene rings is 1. The summed E-state index contributed by atoms with van der Waals surface area (Å²) in [6.45, 7) is 2.99. The molecule has 162 valence electrons. The number of nitrogens with zero attached hydrogens (tertiary/aromatic N) is 4. The average molecular weight is 434 g/mol. The molecule has 0 bridgehead atoms. The van der Waals surface area contributed by atoms with Crippen LogP contribution >= 0.6 is 0 Å². The van der Waals surface area contributed by atoms with Crippen molar-refractivity contribution < 1.29 is 23.0 Å². The molecule has 0 spiro atoms. The number of carbonyl (C=O) groups is 1. The van der Waals surface area contributed by atoms with Crippen LogP contribution in [-0.4, -0.2) is 32.6 Å². The van der Waals surface area contributed by atoms with Crippen molar-refractivity contribution >= 4 is 5.91 Å². The zero-order chi connectivity index (χ0) is 22.1. The molecule has 1 amide bonds. The Kier molecular flexibility index (Phi) is 5.14. The van der Waals surface area contributed by atoms with Crippen LogP contribution in [0.5, 0.6) is 5.88 Å². The Morgan fingerprint density at radius 1 is 1.16 bits per heavy atom. The summed E-state index contributed by atoms with van der Waals surface area (Å²) in [6.07, 6.45) is 2.06. The summed E-state index contributed by atoms with van der Waals surface area (Å²) in [4.78, 5) is 18.8. The quantitative estimate of drug-likeness (QED) is 0.469. The molecule has 1 aliphatic heterocycles. The first kappa shape index (κ1) is 19.9. The van der Waals surface area contributed by atoms with Gasteiger partial charge >= 0.3 is 0 Å². The number of hydrogen-bond acceptors (Lipinski definition) is 7. The standard InChI is InChI=1S/C23H19FN4O4/c1-14-18(22(27-31-14)15-2-5-17(24)6-3-15)13-30-21-7-4-16-12-28(11-9-19(16)26-21)23(29)20-8-10-25-32-20/h2-8,10H,9,11-13H2,1H3. The minimum absolute atomic E-state index is 0.190. The summed E-state index contributed by atoms with van der Waals surface area (Å²) in [5.41, 5.74) is 3.99. The lowest BCUT2D eigenvalue weighted by atomic mass is 10.1. The van der Waals surface area contributed by atoms with Crippen LogP contribution in [0.25, 0.3) is 11.3 Å². The molecule has 0 aliphatic carbocycles. The van der Waals surface area contributed by atoms with E-state index in [4.69, 9.17) is 13.8 Å². The van der Waals surface area contributed by atoms with Crippen LogP contribution in [0.1, 0.15) is 33.1 Å².